The molecule has 3 aromatic rings. The fourth-order valence-corrected chi connectivity index (χ4v) is 3.18. The second-order valence-corrected chi connectivity index (χ2v) is 5.24. The summed E-state index contributed by atoms with van der Waals surface area (Å²) in [5.74, 6) is -0.764. The number of imide groups is 1. The number of phenols is 1. The molecule has 4 rings (SSSR count). The number of nitrogens with one attached hydrogen (secondary N) is 1. The molecule has 0 radical (unpaired) electrons. The van der Waals surface area contributed by atoms with Crippen LogP contribution >= 0.6 is 0 Å². The Morgan fingerprint density at radius 2 is 1.82 bits per heavy atom. The van der Waals surface area contributed by atoms with Crippen molar-refractivity contribution >= 4 is 33.6 Å². The van der Waals surface area contributed by atoms with Crippen molar-refractivity contribution in [2.45, 2.75) is 6.54 Å². The number of aromatic nitrogens is 1. The van der Waals surface area contributed by atoms with Gasteiger partial charge in [0.1, 0.15) is 5.75 Å². The molecule has 3 N–H and O–H groups in total. The summed E-state index contributed by atoms with van der Waals surface area (Å²) in [6, 6.07) is 8.24. The first-order valence-corrected chi connectivity index (χ1v) is 6.86. The van der Waals surface area contributed by atoms with E-state index in [4.69, 9.17) is 0 Å². The minimum Gasteiger partial charge on any atom is -0.508 e. The number of aromatic hydroxyl groups is 1. The zero-order chi connectivity index (χ0) is 15.4. The number of nitrogens with zero attached hydrogens (tertiary/aromatic N) is 1. The predicted octanol–water partition coefficient (Wildman–Crippen LogP) is 1.38. The van der Waals surface area contributed by atoms with Gasteiger partial charge in [-0.25, -0.2) is 0 Å². The molecule has 2 amide bonds. The van der Waals surface area contributed by atoms with E-state index < -0.39 is 11.8 Å². The summed E-state index contributed by atoms with van der Waals surface area (Å²) in [7, 11) is 0. The molecule has 22 heavy (non-hydrogen) atoms. The van der Waals surface area contributed by atoms with E-state index in [0.29, 0.717) is 28.4 Å². The van der Waals surface area contributed by atoms with Crippen LogP contribution in [0.1, 0.15) is 20.7 Å². The van der Waals surface area contributed by atoms with Gasteiger partial charge in [0.05, 0.1) is 23.3 Å². The summed E-state index contributed by atoms with van der Waals surface area (Å²) in [6.45, 7) is 0.307. The molecule has 0 atom stereocenters. The third-order valence-corrected chi connectivity index (χ3v) is 4.04. The molecule has 6 heteroatoms. The number of fused-ring (bicyclic) bond motifs is 5. The van der Waals surface area contributed by atoms with Crippen LogP contribution in [0.4, 0.5) is 0 Å². The highest BCUT2D eigenvalue weighted by atomic mass is 16.3. The minimum atomic E-state index is -0.433. The van der Waals surface area contributed by atoms with E-state index in [9.17, 15) is 19.8 Å². The molecule has 1 aliphatic rings. The van der Waals surface area contributed by atoms with Crippen molar-refractivity contribution in [1.29, 1.82) is 0 Å². The van der Waals surface area contributed by atoms with Gasteiger partial charge >= 0.3 is 0 Å². The van der Waals surface area contributed by atoms with Gasteiger partial charge in [0.2, 0.25) is 0 Å². The number of aliphatic hydroxyl groups is 1. The Balaban J connectivity index is 2.24. The number of carbonyl (C=O) groups is 2. The highest BCUT2D eigenvalue weighted by molar-refractivity contribution is 6.30. The molecule has 1 aliphatic heterocycles. The van der Waals surface area contributed by atoms with Crippen molar-refractivity contribution in [2.75, 3.05) is 6.61 Å². The van der Waals surface area contributed by atoms with Gasteiger partial charge in [-0.2, -0.15) is 0 Å². The van der Waals surface area contributed by atoms with Crippen molar-refractivity contribution in [3.05, 3.63) is 41.5 Å². The van der Waals surface area contributed by atoms with E-state index >= 15 is 0 Å². The van der Waals surface area contributed by atoms with Crippen LogP contribution in [0.5, 0.6) is 5.75 Å². The van der Waals surface area contributed by atoms with Gasteiger partial charge in [0, 0.05) is 22.8 Å². The van der Waals surface area contributed by atoms with Crippen LogP contribution in [-0.4, -0.2) is 33.2 Å². The maximum absolute atomic E-state index is 12.1. The highest BCUT2D eigenvalue weighted by Crippen LogP contribution is 2.36. The zero-order valence-electron chi connectivity index (χ0n) is 11.5. The average molecular weight is 296 g/mol. The fourth-order valence-electron chi connectivity index (χ4n) is 3.18. The lowest BCUT2D eigenvalue weighted by Gasteiger charge is -2.05. The topological polar surface area (TPSA) is 91.6 Å². The summed E-state index contributed by atoms with van der Waals surface area (Å²) in [6.07, 6.45) is 0. The average Bonchev–Trinajstić information content (AvgIpc) is 2.95. The third kappa shape index (κ3) is 1.52. The summed E-state index contributed by atoms with van der Waals surface area (Å²) >= 11 is 0. The molecule has 2 aromatic carbocycles. The van der Waals surface area contributed by atoms with Crippen LogP contribution in [0.2, 0.25) is 0 Å². The van der Waals surface area contributed by atoms with Gasteiger partial charge in [-0.1, -0.05) is 0 Å². The lowest BCUT2D eigenvalue weighted by molar-refractivity contribution is 0.0880. The summed E-state index contributed by atoms with van der Waals surface area (Å²) < 4.78 is 1.88. The SMILES string of the molecule is O=C1NC(=O)c2c1ccc1c2c2cc(O)ccc2n1CCO. The first-order valence-electron chi connectivity index (χ1n) is 6.86. The molecule has 0 unspecified atom stereocenters. The summed E-state index contributed by atoms with van der Waals surface area (Å²) in [4.78, 5) is 24.0. The normalized spacial score (nSPS) is 13.9. The first kappa shape index (κ1) is 12.8. The number of rotatable bonds is 2. The third-order valence-electron chi connectivity index (χ3n) is 4.04. The van der Waals surface area contributed by atoms with Crippen LogP contribution in [0.3, 0.4) is 0 Å². The molecule has 110 valence electrons. The lowest BCUT2D eigenvalue weighted by Crippen LogP contribution is -2.19. The molecule has 0 fully saturated rings. The Hall–Kier alpha value is -2.86. The van der Waals surface area contributed by atoms with E-state index in [1.165, 1.54) is 0 Å². The number of phenolic OH excluding ortho intramolecular Hbond substituents is 1. The van der Waals surface area contributed by atoms with E-state index in [1.807, 2.05) is 4.57 Å². The second kappa shape index (κ2) is 4.32. The number of carbonyl (C=O) groups excluding carboxylic acids is 2. The highest BCUT2D eigenvalue weighted by Gasteiger charge is 2.30. The second-order valence-electron chi connectivity index (χ2n) is 5.24. The Morgan fingerprint density at radius 3 is 2.59 bits per heavy atom. The van der Waals surface area contributed by atoms with Crippen LogP contribution in [0, 0.1) is 0 Å². The van der Waals surface area contributed by atoms with Crippen LogP contribution in [-0.2, 0) is 6.54 Å². The van der Waals surface area contributed by atoms with Crippen molar-refractivity contribution in [3.8, 4) is 5.75 Å². The maximum Gasteiger partial charge on any atom is 0.259 e. The molecular weight excluding hydrogens is 284 g/mol. The van der Waals surface area contributed by atoms with E-state index in [2.05, 4.69) is 5.32 Å². The molecule has 6 nitrogen and oxygen atoms in total. The van der Waals surface area contributed by atoms with Crippen LogP contribution < -0.4 is 5.32 Å². The van der Waals surface area contributed by atoms with Crippen LogP contribution in [0.25, 0.3) is 21.8 Å². The molecule has 0 saturated carbocycles. The van der Waals surface area contributed by atoms with E-state index in [1.54, 1.807) is 30.3 Å². The number of hydrogen-bond donors (Lipinski definition) is 3. The van der Waals surface area contributed by atoms with Crippen molar-refractivity contribution in [1.82, 2.24) is 9.88 Å². The number of amides is 2. The standard InChI is InChI=1S/C16H12N2O4/c19-6-5-18-11-3-1-8(20)7-10(11)13-12(18)4-2-9-14(13)16(22)17-15(9)21/h1-4,7,19-20H,5-6H2,(H,17,21,22). The van der Waals surface area contributed by atoms with E-state index in [-0.39, 0.29) is 12.4 Å². The Labute approximate surface area is 124 Å². The fraction of sp³-hybridized carbons (Fsp3) is 0.125. The Kier molecular flexibility index (Phi) is 2.52. The van der Waals surface area contributed by atoms with Crippen molar-refractivity contribution in [3.63, 3.8) is 0 Å². The largest absolute Gasteiger partial charge is 0.508 e. The van der Waals surface area contributed by atoms with Gasteiger partial charge in [-0.05, 0) is 30.3 Å². The van der Waals surface area contributed by atoms with E-state index in [0.717, 1.165) is 11.0 Å². The van der Waals surface area contributed by atoms with Crippen LogP contribution in [0.15, 0.2) is 30.3 Å². The first-order chi connectivity index (χ1) is 10.6. The maximum atomic E-state index is 12.1. The molecule has 0 spiro atoms. The van der Waals surface area contributed by atoms with Crippen molar-refractivity contribution < 1.29 is 19.8 Å². The molecule has 0 aliphatic carbocycles. The van der Waals surface area contributed by atoms with Gasteiger partial charge in [-0.15, -0.1) is 0 Å². The Bertz CT molecular complexity index is 971. The predicted molar refractivity (Wildman–Crippen MR) is 80.0 cm³/mol. The molecule has 0 bridgehead atoms. The molecular formula is C16H12N2O4. The summed E-state index contributed by atoms with van der Waals surface area (Å²) in [5.41, 5.74) is 2.21. The minimum absolute atomic E-state index is 0.0536. The lowest BCUT2D eigenvalue weighted by atomic mass is 10.0. The van der Waals surface area contributed by atoms with Gasteiger partial charge < -0.3 is 14.8 Å². The Morgan fingerprint density at radius 1 is 1.05 bits per heavy atom. The monoisotopic (exact) mass is 296 g/mol. The molecule has 2 heterocycles. The number of aliphatic hydroxyl groups excluding tert-OH is 1. The van der Waals surface area contributed by atoms with Crippen molar-refractivity contribution in [2.24, 2.45) is 0 Å². The zero-order valence-corrected chi connectivity index (χ0v) is 11.5. The van der Waals surface area contributed by atoms with Gasteiger partial charge in [0.25, 0.3) is 11.8 Å². The van der Waals surface area contributed by atoms with Gasteiger partial charge in [-0.3, -0.25) is 14.9 Å². The molecule has 1 aromatic heterocycles. The summed E-state index contributed by atoms with van der Waals surface area (Å²) in [5, 5.41) is 22.7. The van der Waals surface area contributed by atoms with Gasteiger partial charge in [0.15, 0.2) is 0 Å². The number of hydrogen-bond acceptors (Lipinski definition) is 4. The quantitative estimate of drug-likeness (QED) is 0.623. The smallest absolute Gasteiger partial charge is 0.259 e. The molecule has 0 saturated heterocycles. The number of benzene rings is 2.